The molecule has 61 heavy (non-hydrogen) atoms. The molecule has 2 unspecified atom stereocenters. The molecule has 350 valence electrons. The molecule has 0 saturated carbocycles. The summed E-state index contributed by atoms with van der Waals surface area (Å²) in [7, 11) is -4.30. The Morgan fingerprint density at radius 2 is 0.918 bits per heavy atom. The molecular weight excluding hydrogens is 782 g/mol. The number of esters is 1. The average Bonchev–Trinajstić information content (AvgIpc) is 3.25. The van der Waals surface area contributed by atoms with E-state index in [1.54, 1.807) is 0 Å². The molecule has 2 atom stereocenters. The monoisotopic (exact) mass is 872 g/mol. The van der Waals surface area contributed by atoms with E-state index in [4.69, 9.17) is 24.3 Å². The largest absolute Gasteiger partial charge is 0.472 e. The molecule has 0 aliphatic carbocycles. The maximum atomic E-state index is 12.6. The molecule has 0 aromatic rings. The van der Waals surface area contributed by atoms with Crippen LogP contribution in [0.2, 0.25) is 0 Å². The first-order valence-electron chi connectivity index (χ1n) is 24.2. The summed E-state index contributed by atoms with van der Waals surface area (Å²) in [5.41, 5.74) is 5.38. The first kappa shape index (κ1) is 58.4. The van der Waals surface area contributed by atoms with Crippen LogP contribution >= 0.6 is 7.82 Å². The standard InChI is InChI=1S/C52H90NO7P/c1-3-5-7-9-11-13-15-17-19-21-22-23-24-25-26-27-28-29-30-32-34-36-38-40-42-44-47-57-49-51(50-59-61(55,56)58-48-46-53)60-52(54)45-43-41-39-37-35-33-31-20-18-16-14-12-10-8-6-4-2/h5,7,11,13,17,19-20,22-23,25-26,28-29,31-32,34,51H,3-4,6,8-10,12,14-16,18,21,24,27,30,33,35-50,53H2,1-2H3,(H,55,56)/b7-5-,13-11-,19-17-,23-22-,26-25-,29-28-,31-20-,34-32-. The minimum absolute atomic E-state index is 0.0893. The SMILES string of the molecule is CC/C=C\C/C=C\C/C=C\C/C=C\C/C=C\C/C=C\C/C=C\CCCCCCOCC(COP(=O)(O)OCCN)OC(=O)CCCCCCC/C=C\CCCCCCCCC. The summed E-state index contributed by atoms with van der Waals surface area (Å²) in [4.78, 5) is 22.5. The maximum absolute atomic E-state index is 12.6. The van der Waals surface area contributed by atoms with E-state index in [9.17, 15) is 14.3 Å². The molecule has 0 rings (SSSR count). The number of carbonyl (C=O) groups is 1. The van der Waals surface area contributed by atoms with Gasteiger partial charge >= 0.3 is 13.8 Å². The zero-order valence-corrected chi connectivity index (χ0v) is 39.8. The van der Waals surface area contributed by atoms with Gasteiger partial charge in [-0.25, -0.2) is 4.57 Å². The van der Waals surface area contributed by atoms with Crippen LogP contribution < -0.4 is 5.73 Å². The van der Waals surface area contributed by atoms with Crippen LogP contribution in [0.3, 0.4) is 0 Å². The van der Waals surface area contributed by atoms with Crippen molar-refractivity contribution in [2.75, 3.05) is 33.0 Å². The van der Waals surface area contributed by atoms with Gasteiger partial charge in [-0.15, -0.1) is 0 Å². The van der Waals surface area contributed by atoms with Crippen LogP contribution in [0.4, 0.5) is 0 Å². The summed E-state index contributed by atoms with van der Waals surface area (Å²) in [6.07, 6.45) is 64.3. The van der Waals surface area contributed by atoms with Crippen molar-refractivity contribution >= 4 is 13.8 Å². The molecule has 8 nitrogen and oxygen atoms in total. The Bertz CT molecular complexity index is 1250. The van der Waals surface area contributed by atoms with Gasteiger partial charge in [0.15, 0.2) is 0 Å². The van der Waals surface area contributed by atoms with Gasteiger partial charge in [-0.05, 0) is 96.3 Å². The van der Waals surface area contributed by atoms with Crippen molar-refractivity contribution in [2.24, 2.45) is 5.73 Å². The highest BCUT2D eigenvalue weighted by Gasteiger charge is 2.25. The molecule has 0 radical (unpaired) electrons. The van der Waals surface area contributed by atoms with Gasteiger partial charge < -0.3 is 20.1 Å². The van der Waals surface area contributed by atoms with Gasteiger partial charge in [-0.1, -0.05) is 182 Å². The van der Waals surface area contributed by atoms with Crippen LogP contribution in [0.25, 0.3) is 0 Å². The van der Waals surface area contributed by atoms with E-state index in [-0.39, 0.29) is 32.3 Å². The number of phosphoric ester groups is 1. The lowest BCUT2D eigenvalue weighted by Crippen LogP contribution is -2.28. The molecule has 0 fully saturated rings. The minimum Gasteiger partial charge on any atom is -0.457 e. The Hall–Kier alpha value is -2.58. The first-order valence-corrected chi connectivity index (χ1v) is 25.7. The average molecular weight is 872 g/mol. The van der Waals surface area contributed by atoms with Crippen molar-refractivity contribution in [1.29, 1.82) is 0 Å². The number of carbonyl (C=O) groups excluding carboxylic acids is 1. The molecule has 0 aliphatic heterocycles. The molecule has 0 aromatic heterocycles. The molecule has 3 N–H and O–H groups in total. The lowest BCUT2D eigenvalue weighted by atomic mass is 10.1. The van der Waals surface area contributed by atoms with Gasteiger partial charge in [0.2, 0.25) is 0 Å². The fourth-order valence-corrected chi connectivity index (χ4v) is 6.97. The highest BCUT2D eigenvalue weighted by atomic mass is 31.2. The molecular formula is C52H90NO7P. The van der Waals surface area contributed by atoms with Crippen LogP contribution in [0.1, 0.15) is 187 Å². The van der Waals surface area contributed by atoms with E-state index in [0.717, 1.165) is 109 Å². The third-order valence-electron chi connectivity index (χ3n) is 9.74. The van der Waals surface area contributed by atoms with Crippen molar-refractivity contribution in [1.82, 2.24) is 0 Å². The summed E-state index contributed by atoms with van der Waals surface area (Å²) in [6.45, 7) is 4.71. The highest BCUT2D eigenvalue weighted by molar-refractivity contribution is 7.47. The molecule has 0 aliphatic rings. The van der Waals surface area contributed by atoms with Crippen LogP contribution in [0, 0.1) is 0 Å². The van der Waals surface area contributed by atoms with Gasteiger partial charge in [-0.2, -0.15) is 0 Å². The van der Waals surface area contributed by atoms with Crippen molar-refractivity contribution in [3.8, 4) is 0 Å². The normalized spacial score (nSPS) is 14.2. The predicted octanol–water partition coefficient (Wildman–Crippen LogP) is 15.0. The molecule has 0 aromatic carbocycles. The third-order valence-corrected chi connectivity index (χ3v) is 10.7. The van der Waals surface area contributed by atoms with Gasteiger partial charge in [0.05, 0.1) is 19.8 Å². The summed E-state index contributed by atoms with van der Waals surface area (Å²) in [6, 6.07) is 0. The zero-order chi connectivity index (χ0) is 44.4. The molecule has 9 heteroatoms. The van der Waals surface area contributed by atoms with Gasteiger partial charge in [0.1, 0.15) is 6.10 Å². The first-order chi connectivity index (χ1) is 29.9. The number of hydrogen-bond donors (Lipinski definition) is 2. The molecule has 0 saturated heterocycles. The van der Waals surface area contributed by atoms with Crippen molar-refractivity contribution in [3.63, 3.8) is 0 Å². The number of nitrogens with two attached hydrogens (primary N) is 1. The van der Waals surface area contributed by atoms with Gasteiger partial charge in [0.25, 0.3) is 0 Å². The number of ether oxygens (including phenoxy) is 2. The number of rotatable bonds is 45. The summed E-state index contributed by atoms with van der Waals surface area (Å²) < 4.78 is 33.5. The topological polar surface area (TPSA) is 117 Å². The number of unbranched alkanes of at least 4 members (excludes halogenated alkanes) is 16. The van der Waals surface area contributed by atoms with Gasteiger partial charge in [0, 0.05) is 19.6 Å². The highest BCUT2D eigenvalue weighted by Crippen LogP contribution is 2.43. The van der Waals surface area contributed by atoms with Crippen LogP contribution in [-0.4, -0.2) is 49.9 Å². The second kappa shape index (κ2) is 48.5. The molecule has 0 bridgehead atoms. The van der Waals surface area contributed by atoms with Gasteiger partial charge in [-0.3, -0.25) is 13.8 Å². The van der Waals surface area contributed by atoms with Crippen LogP contribution in [-0.2, 0) is 27.9 Å². The van der Waals surface area contributed by atoms with Crippen LogP contribution in [0.15, 0.2) is 97.2 Å². The second-order valence-corrected chi connectivity index (χ2v) is 17.0. The Morgan fingerprint density at radius 1 is 0.508 bits per heavy atom. The van der Waals surface area contributed by atoms with E-state index in [0.29, 0.717) is 13.0 Å². The molecule has 0 spiro atoms. The fourth-order valence-electron chi connectivity index (χ4n) is 6.21. The lowest BCUT2D eigenvalue weighted by Gasteiger charge is -2.20. The van der Waals surface area contributed by atoms with Crippen molar-refractivity contribution < 1.29 is 32.8 Å². The minimum atomic E-state index is -4.30. The Morgan fingerprint density at radius 3 is 1.39 bits per heavy atom. The number of phosphoric acid groups is 1. The smallest absolute Gasteiger partial charge is 0.457 e. The van der Waals surface area contributed by atoms with E-state index in [1.807, 2.05) is 0 Å². The molecule has 0 heterocycles. The quantitative estimate of drug-likeness (QED) is 0.0269. The lowest BCUT2D eigenvalue weighted by molar-refractivity contribution is -0.154. The Kier molecular flexibility index (Phi) is 46.4. The van der Waals surface area contributed by atoms with Crippen molar-refractivity contribution in [2.45, 2.75) is 193 Å². The van der Waals surface area contributed by atoms with E-state index in [1.165, 1.54) is 57.8 Å². The number of hydrogen-bond acceptors (Lipinski definition) is 7. The van der Waals surface area contributed by atoms with E-state index in [2.05, 4.69) is 111 Å². The molecule has 0 amide bonds. The van der Waals surface area contributed by atoms with E-state index < -0.39 is 13.9 Å². The summed E-state index contributed by atoms with van der Waals surface area (Å²) in [5, 5.41) is 0. The van der Waals surface area contributed by atoms with Crippen molar-refractivity contribution in [3.05, 3.63) is 97.2 Å². The third kappa shape index (κ3) is 48.3. The maximum Gasteiger partial charge on any atom is 0.472 e. The number of allylic oxidation sites excluding steroid dienone is 16. The predicted molar refractivity (Wildman–Crippen MR) is 261 cm³/mol. The second-order valence-electron chi connectivity index (χ2n) is 15.6. The Balaban J connectivity index is 4.08. The fraction of sp³-hybridized carbons (Fsp3) is 0.673. The van der Waals surface area contributed by atoms with Crippen LogP contribution in [0.5, 0.6) is 0 Å². The van der Waals surface area contributed by atoms with E-state index >= 15 is 0 Å². The summed E-state index contributed by atoms with van der Waals surface area (Å²) >= 11 is 0. The summed E-state index contributed by atoms with van der Waals surface area (Å²) in [5.74, 6) is -0.352. The Labute approximate surface area is 374 Å². The zero-order valence-electron chi connectivity index (χ0n) is 38.9.